The van der Waals surface area contributed by atoms with Crippen molar-refractivity contribution in [3.63, 3.8) is 0 Å². The highest BCUT2D eigenvalue weighted by Crippen LogP contribution is 2.34. The van der Waals surface area contributed by atoms with Crippen LogP contribution in [0.4, 0.5) is 10.6 Å². The predicted octanol–water partition coefficient (Wildman–Crippen LogP) is 3.24. The highest BCUT2D eigenvalue weighted by atomic mass is 79.9. The Morgan fingerprint density at radius 3 is 2.54 bits per heavy atom. The van der Waals surface area contributed by atoms with Crippen molar-refractivity contribution in [2.45, 2.75) is 6.54 Å². The van der Waals surface area contributed by atoms with Crippen molar-refractivity contribution < 1.29 is 14.3 Å². The van der Waals surface area contributed by atoms with Crippen LogP contribution in [0.1, 0.15) is 5.56 Å². The minimum absolute atomic E-state index is 0.423. The van der Waals surface area contributed by atoms with E-state index in [1.54, 1.807) is 21.2 Å². The number of aromatic nitrogens is 1. The molecule has 0 aliphatic carbocycles. The summed E-state index contributed by atoms with van der Waals surface area (Å²) in [5.74, 6) is 1.96. The van der Waals surface area contributed by atoms with Gasteiger partial charge >= 0.3 is 6.09 Å². The second kappa shape index (κ2) is 9.25. The first kappa shape index (κ1) is 20.4. The summed E-state index contributed by atoms with van der Waals surface area (Å²) in [7, 11) is 4.86. The van der Waals surface area contributed by atoms with Gasteiger partial charge in [-0.25, -0.2) is 9.78 Å². The third-order valence-electron chi connectivity index (χ3n) is 4.63. The van der Waals surface area contributed by atoms with Gasteiger partial charge in [0, 0.05) is 57.5 Å². The minimum atomic E-state index is -0.435. The summed E-state index contributed by atoms with van der Waals surface area (Å²) in [4.78, 5) is 22.4. The smallest absolute Gasteiger partial charge is 0.414 e. The second-order valence-electron chi connectivity index (χ2n) is 6.81. The molecule has 0 radical (unpaired) electrons. The maximum Gasteiger partial charge on any atom is 0.414 e. The van der Waals surface area contributed by atoms with Crippen molar-refractivity contribution in [3.05, 3.63) is 46.6 Å². The minimum Gasteiger partial charge on any atom is -0.493 e. The van der Waals surface area contributed by atoms with Crippen LogP contribution in [0.5, 0.6) is 11.5 Å². The Kier molecular flexibility index (Phi) is 6.74. The SMILES string of the molecule is COc1cc(Br)c(CN2CCN(c3ccccn3)CC2)cc1OC(=O)N(C)C. The molecule has 1 amide bonds. The number of hydrogen-bond donors (Lipinski definition) is 0. The van der Waals surface area contributed by atoms with Gasteiger partial charge in [0.05, 0.1) is 7.11 Å². The number of halogens is 1. The molecule has 150 valence electrons. The van der Waals surface area contributed by atoms with Crippen LogP contribution < -0.4 is 14.4 Å². The van der Waals surface area contributed by atoms with E-state index in [9.17, 15) is 4.79 Å². The first-order chi connectivity index (χ1) is 13.5. The molecule has 0 bridgehead atoms. The monoisotopic (exact) mass is 448 g/mol. The molecule has 8 heteroatoms. The zero-order valence-corrected chi connectivity index (χ0v) is 18.0. The van der Waals surface area contributed by atoms with Crippen LogP contribution in [0, 0.1) is 0 Å². The van der Waals surface area contributed by atoms with Gasteiger partial charge in [-0.15, -0.1) is 0 Å². The number of pyridine rings is 1. The number of amides is 1. The largest absolute Gasteiger partial charge is 0.493 e. The molecule has 2 aromatic rings. The molecule has 0 N–H and O–H groups in total. The highest BCUT2D eigenvalue weighted by molar-refractivity contribution is 9.10. The van der Waals surface area contributed by atoms with Crippen molar-refractivity contribution >= 4 is 27.8 Å². The zero-order valence-electron chi connectivity index (χ0n) is 16.4. The fourth-order valence-electron chi connectivity index (χ4n) is 3.04. The third-order valence-corrected chi connectivity index (χ3v) is 5.37. The van der Waals surface area contributed by atoms with E-state index in [0.717, 1.165) is 48.6 Å². The number of hydrogen-bond acceptors (Lipinski definition) is 6. The Labute approximate surface area is 174 Å². The lowest BCUT2D eigenvalue weighted by Gasteiger charge is -2.35. The number of ether oxygens (including phenoxy) is 2. The van der Waals surface area contributed by atoms with Gasteiger partial charge in [-0.3, -0.25) is 4.90 Å². The molecular weight excluding hydrogens is 424 g/mol. The van der Waals surface area contributed by atoms with Crippen molar-refractivity contribution in [2.24, 2.45) is 0 Å². The summed E-state index contributed by atoms with van der Waals surface area (Å²) < 4.78 is 11.8. The Bertz CT molecular complexity index is 809. The number of nitrogens with zero attached hydrogens (tertiary/aromatic N) is 4. The Morgan fingerprint density at radius 1 is 1.18 bits per heavy atom. The molecule has 7 nitrogen and oxygen atoms in total. The van der Waals surface area contributed by atoms with Crippen LogP contribution in [0.3, 0.4) is 0 Å². The van der Waals surface area contributed by atoms with Gasteiger partial charge in [0.1, 0.15) is 5.82 Å². The highest BCUT2D eigenvalue weighted by Gasteiger charge is 2.20. The number of rotatable bonds is 5. The molecule has 1 aliphatic heterocycles. The topological polar surface area (TPSA) is 58.1 Å². The standard InChI is InChI=1S/C20H25BrN4O3/c1-23(2)20(26)28-18-12-15(16(21)13-17(18)27-3)14-24-8-10-25(11-9-24)19-6-4-5-7-22-19/h4-7,12-13H,8-11,14H2,1-3H3. The van der Waals surface area contributed by atoms with Gasteiger partial charge in [0.2, 0.25) is 0 Å². The van der Waals surface area contributed by atoms with E-state index < -0.39 is 6.09 Å². The number of anilines is 1. The molecule has 1 aromatic carbocycles. The van der Waals surface area contributed by atoms with Crippen molar-refractivity contribution in [2.75, 3.05) is 52.3 Å². The molecule has 28 heavy (non-hydrogen) atoms. The molecule has 0 unspecified atom stereocenters. The number of carbonyl (C=O) groups is 1. The summed E-state index contributed by atoms with van der Waals surface area (Å²) in [5, 5.41) is 0. The molecule has 1 saturated heterocycles. The lowest BCUT2D eigenvalue weighted by atomic mass is 10.1. The predicted molar refractivity (Wildman–Crippen MR) is 112 cm³/mol. The maximum absolute atomic E-state index is 12.0. The van der Waals surface area contributed by atoms with Gasteiger partial charge < -0.3 is 19.3 Å². The third kappa shape index (κ3) is 4.94. The number of carbonyl (C=O) groups excluding carboxylic acids is 1. The van der Waals surface area contributed by atoms with Gasteiger partial charge in [0.25, 0.3) is 0 Å². The van der Waals surface area contributed by atoms with Gasteiger partial charge in [-0.2, -0.15) is 0 Å². The number of benzene rings is 1. The Balaban J connectivity index is 1.68. The first-order valence-corrected chi connectivity index (χ1v) is 9.91. The van der Waals surface area contributed by atoms with Gasteiger partial charge in [-0.05, 0) is 29.8 Å². The van der Waals surface area contributed by atoms with Crippen molar-refractivity contribution in [1.29, 1.82) is 0 Å². The lowest BCUT2D eigenvalue weighted by Crippen LogP contribution is -2.46. The quantitative estimate of drug-likeness (QED) is 0.699. The van der Waals surface area contributed by atoms with E-state index in [4.69, 9.17) is 9.47 Å². The van der Waals surface area contributed by atoms with Gasteiger partial charge in [-0.1, -0.05) is 22.0 Å². The summed E-state index contributed by atoms with van der Waals surface area (Å²) in [6, 6.07) is 9.70. The first-order valence-electron chi connectivity index (χ1n) is 9.12. The molecule has 1 aliphatic rings. The Morgan fingerprint density at radius 2 is 1.93 bits per heavy atom. The fourth-order valence-corrected chi connectivity index (χ4v) is 3.49. The number of piperazine rings is 1. The molecule has 1 aromatic heterocycles. The average Bonchev–Trinajstić information content (AvgIpc) is 2.71. The van der Waals surface area contributed by atoms with Crippen molar-refractivity contribution in [3.8, 4) is 11.5 Å². The summed E-state index contributed by atoms with van der Waals surface area (Å²) in [6.07, 6.45) is 1.39. The summed E-state index contributed by atoms with van der Waals surface area (Å²) in [5.41, 5.74) is 1.05. The molecule has 3 rings (SSSR count). The van der Waals surface area contributed by atoms with Crippen LogP contribution in [0.15, 0.2) is 41.0 Å². The lowest BCUT2D eigenvalue weighted by molar-refractivity contribution is 0.170. The Hall–Kier alpha value is -2.32. The van der Waals surface area contributed by atoms with E-state index in [2.05, 4.69) is 30.7 Å². The van der Waals surface area contributed by atoms with Crippen LogP contribution in [-0.4, -0.2) is 68.3 Å². The molecule has 1 fully saturated rings. The fraction of sp³-hybridized carbons (Fsp3) is 0.400. The summed E-state index contributed by atoms with van der Waals surface area (Å²) in [6.45, 7) is 4.47. The molecule has 0 spiro atoms. The number of methoxy groups -OCH3 is 1. The van der Waals surface area contributed by atoms with E-state index in [1.807, 2.05) is 36.5 Å². The van der Waals surface area contributed by atoms with Crippen LogP contribution in [-0.2, 0) is 6.54 Å². The van der Waals surface area contributed by atoms with E-state index >= 15 is 0 Å². The van der Waals surface area contributed by atoms with E-state index in [-0.39, 0.29) is 0 Å². The molecule has 2 heterocycles. The molecular formula is C20H25BrN4O3. The normalized spacial score (nSPS) is 14.6. The molecule has 0 atom stereocenters. The van der Waals surface area contributed by atoms with E-state index in [0.29, 0.717) is 11.5 Å². The maximum atomic E-state index is 12.0. The average molecular weight is 449 g/mol. The second-order valence-corrected chi connectivity index (χ2v) is 7.66. The van der Waals surface area contributed by atoms with Crippen LogP contribution in [0.2, 0.25) is 0 Å². The molecule has 0 saturated carbocycles. The van der Waals surface area contributed by atoms with Gasteiger partial charge in [0.15, 0.2) is 11.5 Å². The van der Waals surface area contributed by atoms with Crippen LogP contribution in [0.25, 0.3) is 0 Å². The van der Waals surface area contributed by atoms with E-state index in [1.165, 1.54) is 4.90 Å². The van der Waals surface area contributed by atoms with Crippen LogP contribution >= 0.6 is 15.9 Å². The zero-order chi connectivity index (χ0) is 20.1. The van der Waals surface area contributed by atoms with Crippen molar-refractivity contribution in [1.82, 2.24) is 14.8 Å². The summed E-state index contributed by atoms with van der Waals surface area (Å²) >= 11 is 3.61.